The lowest BCUT2D eigenvalue weighted by Crippen LogP contribution is -2.37. The molecule has 0 aliphatic carbocycles. The van der Waals surface area contributed by atoms with Crippen LogP contribution in [0.2, 0.25) is 0 Å². The Balaban J connectivity index is 0.000000649. The first-order valence-corrected chi connectivity index (χ1v) is 13.0. The number of aliphatic hydroxyl groups is 9. The Kier molecular flexibility index (Phi) is 14.5. The fourth-order valence-electron chi connectivity index (χ4n) is 2.84. The van der Waals surface area contributed by atoms with Crippen LogP contribution in [0.4, 0.5) is 0 Å². The van der Waals surface area contributed by atoms with E-state index < -0.39 is 122 Å². The highest BCUT2D eigenvalue weighted by Gasteiger charge is 2.46. The molecule has 1 saturated heterocycles. The molecule has 0 spiro atoms. The zero-order chi connectivity index (χ0) is 33.6. The predicted molar refractivity (Wildman–Crippen MR) is 127 cm³/mol. The van der Waals surface area contributed by atoms with Gasteiger partial charge in [-0.2, -0.15) is 0 Å². The van der Waals surface area contributed by atoms with Crippen molar-refractivity contribution in [3.05, 3.63) is 23.0 Å². The first-order chi connectivity index (χ1) is 19.7. The average Bonchev–Trinajstić information content (AvgIpc) is 3.48. The SMILES string of the molecule is CC(C)(OC1=C(O)[C@@H]([C@H](O)CO)OC1=O)P(=O)([O-])[O-].O.O=C1O[C@H]([C@@H](O)CO)C(=O)C1=O.O=C1O[C@H]([C@@H](O)CO)C(O)=C1O. The molecule has 0 amide bonds. The molecule has 3 heterocycles. The summed E-state index contributed by atoms with van der Waals surface area (Å²) in [5.74, 6) is -9.45. The summed E-state index contributed by atoms with van der Waals surface area (Å²) in [5.41, 5.74) is 0. The molecule has 0 aromatic carbocycles. The van der Waals surface area contributed by atoms with Crippen LogP contribution in [-0.4, -0.2) is 143 Å². The van der Waals surface area contributed by atoms with Gasteiger partial charge in [-0.15, -0.1) is 0 Å². The second-order valence-corrected chi connectivity index (χ2v) is 11.0. The Morgan fingerprint density at radius 1 is 0.750 bits per heavy atom. The van der Waals surface area contributed by atoms with Gasteiger partial charge in [-0.25, -0.2) is 14.4 Å². The number of aliphatic hydroxyl groups excluding tert-OH is 9. The molecule has 1 fully saturated rings. The van der Waals surface area contributed by atoms with Gasteiger partial charge >= 0.3 is 23.7 Å². The van der Waals surface area contributed by atoms with Crippen LogP contribution in [-0.2, 0) is 47.5 Å². The standard InChI is InChI=1S/C9H15O9P.C6H8O6.C6H6O6.H2O/c1-9(2,19(14,15)16)18-7-5(12)6(4(11)3-10)17-8(7)13;2*7-1-2(8)5-3(9)4(10)6(11)12-5;/h4,6,10-12H,3H2,1-2H3,(H2,14,15,16);2,5,7-10H,1H2;2,5,7-8H,1H2;1H2/p-2/t4-,6-;2*2-,5+;/m100./s1. The van der Waals surface area contributed by atoms with Crippen molar-refractivity contribution in [1.82, 2.24) is 0 Å². The molecule has 0 bridgehead atoms. The van der Waals surface area contributed by atoms with E-state index >= 15 is 0 Å². The highest BCUT2D eigenvalue weighted by molar-refractivity contribution is 7.50. The molecule has 0 aromatic heterocycles. The Morgan fingerprint density at radius 3 is 1.48 bits per heavy atom. The normalized spacial score (nSPS) is 23.8. The molecule has 6 atom stereocenters. The third-order valence-electron chi connectivity index (χ3n) is 5.38. The van der Waals surface area contributed by atoms with Gasteiger partial charge in [0.1, 0.15) is 23.7 Å². The second kappa shape index (κ2) is 15.9. The molecular formula is C21H29O22P-2. The van der Waals surface area contributed by atoms with Crippen molar-refractivity contribution in [1.29, 1.82) is 0 Å². The quantitative estimate of drug-likeness (QED) is 0.0478. The van der Waals surface area contributed by atoms with Gasteiger partial charge in [0.15, 0.2) is 29.8 Å². The number of Topliss-reactive ketones (excluding diaryl/α,β-unsaturated/α-hetero) is 2. The molecule has 11 N–H and O–H groups in total. The van der Waals surface area contributed by atoms with Crippen LogP contribution >= 0.6 is 7.60 Å². The van der Waals surface area contributed by atoms with Crippen molar-refractivity contribution in [2.75, 3.05) is 19.8 Å². The number of ketones is 2. The molecule has 3 rings (SSSR count). The van der Waals surface area contributed by atoms with Gasteiger partial charge in [0.2, 0.25) is 11.5 Å². The highest BCUT2D eigenvalue weighted by atomic mass is 31.2. The van der Waals surface area contributed by atoms with E-state index in [0.717, 1.165) is 13.8 Å². The molecule has 252 valence electrons. The van der Waals surface area contributed by atoms with Crippen molar-refractivity contribution in [2.45, 2.75) is 55.8 Å². The molecular weight excluding hydrogens is 635 g/mol. The van der Waals surface area contributed by atoms with Crippen LogP contribution in [0.15, 0.2) is 23.0 Å². The van der Waals surface area contributed by atoms with Crippen LogP contribution in [0, 0.1) is 0 Å². The predicted octanol–water partition coefficient (Wildman–Crippen LogP) is -7.13. The molecule has 44 heavy (non-hydrogen) atoms. The highest BCUT2D eigenvalue weighted by Crippen LogP contribution is 2.45. The van der Waals surface area contributed by atoms with E-state index in [0.29, 0.717) is 0 Å². The maximum atomic E-state index is 11.4. The summed E-state index contributed by atoms with van der Waals surface area (Å²) >= 11 is 0. The molecule has 22 nitrogen and oxygen atoms in total. The monoisotopic (exact) mass is 664 g/mol. The fourth-order valence-corrected chi connectivity index (χ4v) is 3.04. The van der Waals surface area contributed by atoms with E-state index in [9.17, 15) is 48.5 Å². The molecule has 3 aliphatic heterocycles. The molecule has 0 radical (unpaired) electrons. The van der Waals surface area contributed by atoms with Crippen molar-refractivity contribution in [3.63, 3.8) is 0 Å². The largest absolute Gasteiger partial charge is 0.808 e. The van der Waals surface area contributed by atoms with Gasteiger partial charge in [-0.05, 0) is 21.4 Å². The Hall–Kier alpha value is -3.70. The summed E-state index contributed by atoms with van der Waals surface area (Å²) in [6.07, 6.45) is -9.00. The summed E-state index contributed by atoms with van der Waals surface area (Å²) in [6.45, 7) is -0.416. The van der Waals surface area contributed by atoms with Crippen molar-refractivity contribution in [3.8, 4) is 0 Å². The number of hydrogen-bond donors (Lipinski definition) is 9. The van der Waals surface area contributed by atoms with E-state index in [1.165, 1.54) is 0 Å². The van der Waals surface area contributed by atoms with Crippen LogP contribution in [0.5, 0.6) is 0 Å². The number of carbonyl (C=O) groups excluding carboxylic acids is 5. The lowest BCUT2D eigenvalue weighted by Gasteiger charge is -2.44. The molecule has 0 unspecified atom stereocenters. The molecule has 0 saturated carbocycles. The summed E-state index contributed by atoms with van der Waals surface area (Å²) in [5, 5.41) is 77.6. The van der Waals surface area contributed by atoms with Crippen molar-refractivity contribution in [2.24, 2.45) is 0 Å². The summed E-state index contributed by atoms with van der Waals surface area (Å²) in [6, 6.07) is 0. The topological polar surface area (TPSA) is 399 Å². The molecule has 23 heteroatoms. The van der Waals surface area contributed by atoms with Crippen molar-refractivity contribution < 1.29 is 109 Å². The zero-order valence-corrected chi connectivity index (χ0v) is 23.4. The van der Waals surface area contributed by atoms with Crippen molar-refractivity contribution >= 4 is 37.1 Å². The van der Waals surface area contributed by atoms with E-state index in [1.54, 1.807) is 0 Å². The summed E-state index contributed by atoms with van der Waals surface area (Å²) in [7, 11) is -5.21. The first-order valence-electron chi connectivity index (χ1n) is 11.5. The lowest BCUT2D eigenvalue weighted by atomic mass is 10.1. The minimum absolute atomic E-state index is 0. The Bertz CT molecular complexity index is 1200. The number of carbonyl (C=O) groups is 5. The number of hydrogen-bond acceptors (Lipinski definition) is 21. The first kappa shape index (κ1) is 40.3. The minimum Gasteiger partial charge on any atom is -0.808 e. The van der Waals surface area contributed by atoms with E-state index in [1.807, 2.05) is 0 Å². The van der Waals surface area contributed by atoms with E-state index in [4.69, 9.17) is 35.7 Å². The van der Waals surface area contributed by atoms with Gasteiger partial charge in [0.25, 0.3) is 5.78 Å². The maximum Gasteiger partial charge on any atom is 0.383 e. The van der Waals surface area contributed by atoms with Gasteiger partial charge in [-0.3, -0.25) is 9.59 Å². The van der Waals surface area contributed by atoms with Crippen LogP contribution in [0.25, 0.3) is 0 Å². The summed E-state index contributed by atoms with van der Waals surface area (Å²) < 4.78 is 28.6. The Morgan fingerprint density at radius 2 is 1.14 bits per heavy atom. The average molecular weight is 664 g/mol. The summed E-state index contributed by atoms with van der Waals surface area (Å²) in [4.78, 5) is 75.5. The third kappa shape index (κ3) is 9.15. The third-order valence-corrected chi connectivity index (χ3v) is 6.79. The van der Waals surface area contributed by atoms with E-state index in [2.05, 4.69) is 18.9 Å². The number of esters is 3. The number of rotatable bonds is 9. The molecule has 0 aromatic rings. The van der Waals surface area contributed by atoms with Gasteiger partial charge in [0.05, 0.1) is 19.8 Å². The van der Waals surface area contributed by atoms with Crippen LogP contribution < -0.4 is 9.79 Å². The van der Waals surface area contributed by atoms with Crippen LogP contribution in [0.1, 0.15) is 13.8 Å². The second-order valence-electron chi connectivity index (χ2n) is 8.92. The fraction of sp³-hybridized carbons (Fsp3) is 0.571. The maximum absolute atomic E-state index is 11.4. The Labute approximate surface area is 245 Å². The smallest absolute Gasteiger partial charge is 0.383 e. The zero-order valence-electron chi connectivity index (χ0n) is 22.5. The number of ether oxygens (including phenoxy) is 4. The van der Waals surface area contributed by atoms with Gasteiger partial charge in [0, 0.05) is 0 Å². The lowest BCUT2D eigenvalue weighted by molar-refractivity contribution is -0.328. The van der Waals surface area contributed by atoms with Gasteiger partial charge in [-0.1, -0.05) is 0 Å². The number of cyclic esters (lactones) is 3. The molecule has 3 aliphatic rings. The van der Waals surface area contributed by atoms with Crippen LogP contribution in [0.3, 0.4) is 0 Å². The van der Waals surface area contributed by atoms with E-state index in [-0.39, 0.29) is 5.48 Å². The minimum atomic E-state index is -5.21. The van der Waals surface area contributed by atoms with Gasteiger partial charge < -0.3 is 84.7 Å².